The molecule has 0 bridgehead atoms. The summed E-state index contributed by atoms with van der Waals surface area (Å²) in [4.78, 5) is 0. The van der Waals surface area contributed by atoms with Crippen molar-refractivity contribution in [2.45, 2.75) is 46.2 Å². The Morgan fingerprint density at radius 1 is 1.41 bits per heavy atom. The van der Waals surface area contributed by atoms with Crippen LogP contribution in [0, 0.1) is 0 Å². The highest BCUT2D eigenvalue weighted by molar-refractivity contribution is 5.09. The maximum absolute atomic E-state index is 4.44. The quantitative estimate of drug-likeness (QED) is 0.674. The van der Waals surface area contributed by atoms with Gasteiger partial charge in [0, 0.05) is 26.2 Å². The number of rotatable bonds is 8. The molecule has 0 aliphatic heterocycles. The van der Waals surface area contributed by atoms with Crippen molar-refractivity contribution in [3.8, 4) is 0 Å². The SMILES string of the molecule is CCCNCC(C)NCc1cc(CC)nn1C. The molecular formula is C13H26N4. The third kappa shape index (κ3) is 4.88. The summed E-state index contributed by atoms with van der Waals surface area (Å²) >= 11 is 0. The van der Waals surface area contributed by atoms with Gasteiger partial charge in [0.15, 0.2) is 0 Å². The van der Waals surface area contributed by atoms with Crippen LogP contribution in [0.15, 0.2) is 6.07 Å². The fraction of sp³-hybridized carbons (Fsp3) is 0.769. The van der Waals surface area contributed by atoms with Gasteiger partial charge < -0.3 is 10.6 Å². The zero-order chi connectivity index (χ0) is 12.7. The van der Waals surface area contributed by atoms with Crippen LogP contribution < -0.4 is 10.6 Å². The first kappa shape index (κ1) is 14.2. The summed E-state index contributed by atoms with van der Waals surface area (Å²) in [5.74, 6) is 0. The van der Waals surface area contributed by atoms with Crippen LogP contribution in [0.3, 0.4) is 0 Å². The van der Waals surface area contributed by atoms with Crippen molar-refractivity contribution in [3.05, 3.63) is 17.5 Å². The molecule has 0 radical (unpaired) electrons. The number of hydrogen-bond donors (Lipinski definition) is 2. The normalized spacial score (nSPS) is 12.9. The van der Waals surface area contributed by atoms with Crippen LogP contribution in [-0.2, 0) is 20.0 Å². The number of aryl methyl sites for hydroxylation is 2. The van der Waals surface area contributed by atoms with Gasteiger partial charge in [-0.2, -0.15) is 5.10 Å². The minimum absolute atomic E-state index is 0.488. The molecule has 0 fully saturated rings. The predicted molar refractivity (Wildman–Crippen MR) is 72.0 cm³/mol. The average Bonchev–Trinajstić information content (AvgIpc) is 2.68. The van der Waals surface area contributed by atoms with E-state index in [-0.39, 0.29) is 0 Å². The Balaban J connectivity index is 2.31. The summed E-state index contributed by atoms with van der Waals surface area (Å²) in [5.41, 5.74) is 2.42. The van der Waals surface area contributed by atoms with Crippen molar-refractivity contribution in [2.24, 2.45) is 7.05 Å². The molecule has 17 heavy (non-hydrogen) atoms. The van der Waals surface area contributed by atoms with Crippen molar-refractivity contribution in [3.63, 3.8) is 0 Å². The monoisotopic (exact) mass is 238 g/mol. The molecule has 98 valence electrons. The van der Waals surface area contributed by atoms with E-state index >= 15 is 0 Å². The molecule has 1 rings (SSSR count). The molecule has 0 spiro atoms. The van der Waals surface area contributed by atoms with Crippen LogP contribution in [0.4, 0.5) is 0 Å². The van der Waals surface area contributed by atoms with E-state index < -0.39 is 0 Å². The van der Waals surface area contributed by atoms with Gasteiger partial charge in [-0.1, -0.05) is 13.8 Å². The lowest BCUT2D eigenvalue weighted by Crippen LogP contribution is -2.36. The van der Waals surface area contributed by atoms with Crippen molar-refractivity contribution in [1.29, 1.82) is 0 Å². The zero-order valence-electron chi connectivity index (χ0n) is 11.6. The molecule has 1 heterocycles. The molecule has 0 saturated heterocycles. The summed E-state index contributed by atoms with van der Waals surface area (Å²) in [6, 6.07) is 2.67. The first-order chi connectivity index (χ1) is 8.17. The van der Waals surface area contributed by atoms with Crippen molar-refractivity contribution in [1.82, 2.24) is 20.4 Å². The van der Waals surface area contributed by atoms with Crippen molar-refractivity contribution >= 4 is 0 Å². The first-order valence-electron chi connectivity index (χ1n) is 6.63. The van der Waals surface area contributed by atoms with E-state index in [2.05, 4.69) is 42.6 Å². The van der Waals surface area contributed by atoms with Gasteiger partial charge >= 0.3 is 0 Å². The molecule has 4 heteroatoms. The Hall–Kier alpha value is -0.870. The smallest absolute Gasteiger partial charge is 0.0625 e. The number of hydrogen-bond acceptors (Lipinski definition) is 3. The maximum Gasteiger partial charge on any atom is 0.0625 e. The third-order valence-corrected chi connectivity index (χ3v) is 2.90. The molecule has 2 N–H and O–H groups in total. The molecule has 1 aromatic heterocycles. The molecular weight excluding hydrogens is 212 g/mol. The van der Waals surface area contributed by atoms with E-state index in [4.69, 9.17) is 0 Å². The fourth-order valence-corrected chi connectivity index (χ4v) is 1.76. The van der Waals surface area contributed by atoms with Crippen LogP contribution in [-0.4, -0.2) is 28.9 Å². The van der Waals surface area contributed by atoms with Gasteiger partial charge in [-0.3, -0.25) is 4.68 Å². The Kier molecular flexibility index (Phi) is 6.22. The minimum Gasteiger partial charge on any atom is -0.315 e. The molecule has 1 atom stereocenters. The van der Waals surface area contributed by atoms with Gasteiger partial charge in [0.25, 0.3) is 0 Å². The van der Waals surface area contributed by atoms with Gasteiger partial charge in [-0.15, -0.1) is 0 Å². The number of nitrogens with one attached hydrogen (secondary N) is 2. The summed E-state index contributed by atoms with van der Waals surface area (Å²) in [6.07, 6.45) is 2.19. The molecule has 1 aromatic rings. The topological polar surface area (TPSA) is 41.9 Å². The second-order valence-electron chi connectivity index (χ2n) is 4.59. The highest BCUT2D eigenvalue weighted by Gasteiger charge is 2.05. The predicted octanol–water partition coefficient (Wildman–Crippen LogP) is 1.46. The molecule has 0 saturated carbocycles. The van der Waals surface area contributed by atoms with Gasteiger partial charge in [0.05, 0.1) is 11.4 Å². The molecule has 4 nitrogen and oxygen atoms in total. The number of nitrogens with zero attached hydrogens (tertiary/aromatic N) is 2. The van der Waals surface area contributed by atoms with E-state index in [0.29, 0.717) is 6.04 Å². The standard InChI is InChI=1S/C13H26N4/c1-5-7-14-9-11(3)15-10-13-8-12(6-2)16-17(13)4/h8,11,14-15H,5-7,9-10H2,1-4H3. The summed E-state index contributed by atoms with van der Waals surface area (Å²) in [5, 5.41) is 11.4. The van der Waals surface area contributed by atoms with E-state index in [1.165, 1.54) is 17.8 Å². The van der Waals surface area contributed by atoms with Gasteiger partial charge in [-0.25, -0.2) is 0 Å². The Labute approximate surface area is 105 Å². The minimum atomic E-state index is 0.488. The summed E-state index contributed by atoms with van der Waals surface area (Å²) in [6.45, 7) is 9.53. The largest absolute Gasteiger partial charge is 0.315 e. The molecule has 0 aliphatic carbocycles. The van der Waals surface area contributed by atoms with E-state index in [9.17, 15) is 0 Å². The molecule has 1 unspecified atom stereocenters. The maximum atomic E-state index is 4.44. The van der Waals surface area contributed by atoms with E-state index in [1.807, 2.05) is 11.7 Å². The Bertz CT molecular complexity index is 319. The van der Waals surface area contributed by atoms with Gasteiger partial charge in [0.1, 0.15) is 0 Å². The Morgan fingerprint density at radius 2 is 2.18 bits per heavy atom. The zero-order valence-corrected chi connectivity index (χ0v) is 11.6. The second kappa shape index (κ2) is 7.45. The van der Waals surface area contributed by atoms with Crippen LogP contribution in [0.5, 0.6) is 0 Å². The van der Waals surface area contributed by atoms with E-state index in [1.54, 1.807) is 0 Å². The summed E-state index contributed by atoms with van der Waals surface area (Å²) in [7, 11) is 2.01. The lowest BCUT2D eigenvalue weighted by atomic mass is 10.2. The van der Waals surface area contributed by atoms with Gasteiger partial charge in [-0.05, 0) is 32.4 Å². The number of aromatic nitrogens is 2. The first-order valence-corrected chi connectivity index (χ1v) is 6.63. The van der Waals surface area contributed by atoms with Crippen LogP contribution in [0.25, 0.3) is 0 Å². The molecule has 0 aromatic carbocycles. The third-order valence-electron chi connectivity index (χ3n) is 2.90. The van der Waals surface area contributed by atoms with Crippen LogP contribution >= 0.6 is 0 Å². The van der Waals surface area contributed by atoms with Crippen LogP contribution in [0.2, 0.25) is 0 Å². The Morgan fingerprint density at radius 3 is 2.76 bits per heavy atom. The van der Waals surface area contributed by atoms with E-state index in [0.717, 1.165) is 26.1 Å². The van der Waals surface area contributed by atoms with Crippen molar-refractivity contribution in [2.75, 3.05) is 13.1 Å². The molecule has 0 aliphatic rings. The highest BCUT2D eigenvalue weighted by atomic mass is 15.3. The highest BCUT2D eigenvalue weighted by Crippen LogP contribution is 2.03. The average molecular weight is 238 g/mol. The van der Waals surface area contributed by atoms with Gasteiger partial charge in [0.2, 0.25) is 0 Å². The lowest BCUT2D eigenvalue weighted by molar-refractivity contribution is 0.490. The molecule has 0 amide bonds. The fourth-order valence-electron chi connectivity index (χ4n) is 1.76. The van der Waals surface area contributed by atoms with Crippen molar-refractivity contribution < 1.29 is 0 Å². The van der Waals surface area contributed by atoms with Crippen LogP contribution in [0.1, 0.15) is 38.6 Å². The summed E-state index contributed by atoms with van der Waals surface area (Å²) < 4.78 is 1.97. The lowest BCUT2D eigenvalue weighted by Gasteiger charge is -2.14. The second-order valence-corrected chi connectivity index (χ2v) is 4.59.